The van der Waals surface area contributed by atoms with E-state index in [1.54, 1.807) is 12.1 Å². The third kappa shape index (κ3) is 4.31. The SMILES string of the molecule is COc1ccc(C2CC(c3ccccc3)=NN2C(=O)CN2CCCC2c2cccn2C)cc1. The number of carbonyl (C=O) groups is 1. The lowest BCUT2D eigenvalue weighted by atomic mass is 9.98. The van der Waals surface area contributed by atoms with Crippen molar-refractivity contribution in [2.24, 2.45) is 12.1 Å². The molecule has 2 aliphatic heterocycles. The summed E-state index contributed by atoms with van der Waals surface area (Å²) in [7, 11) is 3.74. The second-order valence-corrected chi connectivity index (χ2v) is 8.82. The van der Waals surface area contributed by atoms with Crippen molar-refractivity contribution in [2.45, 2.75) is 31.3 Å². The number of aromatic nitrogens is 1. The van der Waals surface area contributed by atoms with Crippen LogP contribution in [0.1, 0.15) is 48.2 Å². The zero-order valence-electron chi connectivity index (χ0n) is 19.2. The van der Waals surface area contributed by atoms with Crippen molar-refractivity contribution in [2.75, 3.05) is 20.2 Å². The fourth-order valence-electron chi connectivity index (χ4n) is 5.05. The first kappa shape index (κ1) is 21.5. The fourth-order valence-corrected chi connectivity index (χ4v) is 5.05. The Morgan fingerprint density at radius 2 is 1.82 bits per heavy atom. The maximum Gasteiger partial charge on any atom is 0.257 e. The van der Waals surface area contributed by atoms with Crippen molar-refractivity contribution in [3.8, 4) is 5.75 Å². The van der Waals surface area contributed by atoms with Crippen LogP contribution in [0.25, 0.3) is 0 Å². The monoisotopic (exact) mass is 442 g/mol. The molecule has 0 spiro atoms. The topological polar surface area (TPSA) is 50.1 Å². The minimum absolute atomic E-state index is 0.0443. The first-order valence-electron chi connectivity index (χ1n) is 11.6. The van der Waals surface area contributed by atoms with E-state index in [0.717, 1.165) is 42.0 Å². The van der Waals surface area contributed by atoms with E-state index in [0.29, 0.717) is 13.0 Å². The molecule has 6 heteroatoms. The molecule has 33 heavy (non-hydrogen) atoms. The second kappa shape index (κ2) is 9.24. The van der Waals surface area contributed by atoms with Gasteiger partial charge in [0.25, 0.3) is 5.91 Å². The predicted octanol–water partition coefficient (Wildman–Crippen LogP) is 4.55. The third-order valence-corrected chi connectivity index (χ3v) is 6.80. The van der Waals surface area contributed by atoms with Gasteiger partial charge in [-0.1, -0.05) is 42.5 Å². The van der Waals surface area contributed by atoms with Crippen LogP contribution in [0, 0.1) is 0 Å². The summed E-state index contributed by atoms with van der Waals surface area (Å²) in [5.74, 6) is 0.851. The summed E-state index contributed by atoms with van der Waals surface area (Å²) in [6.07, 6.45) is 4.95. The molecule has 2 aliphatic rings. The van der Waals surface area contributed by atoms with Crippen LogP contribution in [-0.4, -0.2) is 46.3 Å². The molecule has 1 aromatic heterocycles. The summed E-state index contributed by atoms with van der Waals surface area (Å²) in [5.41, 5.74) is 4.35. The first-order valence-corrected chi connectivity index (χ1v) is 11.6. The highest BCUT2D eigenvalue weighted by molar-refractivity contribution is 6.03. The highest BCUT2D eigenvalue weighted by Crippen LogP contribution is 2.36. The van der Waals surface area contributed by atoms with Gasteiger partial charge in [0.1, 0.15) is 5.75 Å². The molecule has 170 valence electrons. The standard InChI is InChI=1S/C27H30N4O2/c1-29-16-6-10-24(29)25-11-7-17-30(25)19-27(32)31-26(21-12-14-22(33-2)15-13-21)18-23(28-31)20-8-4-3-5-9-20/h3-6,8-10,12-16,25-26H,7,11,17-19H2,1-2H3. The van der Waals surface area contributed by atoms with Gasteiger partial charge in [0, 0.05) is 25.4 Å². The molecule has 0 saturated carbocycles. The van der Waals surface area contributed by atoms with E-state index in [1.165, 1.54) is 5.69 Å². The number of hydrazone groups is 1. The van der Waals surface area contributed by atoms with Crippen molar-refractivity contribution >= 4 is 11.6 Å². The molecule has 6 nitrogen and oxygen atoms in total. The number of rotatable bonds is 6. The molecule has 3 aromatic rings. The molecule has 1 saturated heterocycles. The van der Waals surface area contributed by atoms with Crippen LogP contribution in [0.2, 0.25) is 0 Å². The third-order valence-electron chi connectivity index (χ3n) is 6.80. The van der Waals surface area contributed by atoms with Gasteiger partial charge in [-0.2, -0.15) is 5.10 Å². The number of hydrogen-bond acceptors (Lipinski definition) is 4. The van der Waals surface area contributed by atoms with E-state index in [4.69, 9.17) is 9.84 Å². The summed E-state index contributed by atoms with van der Waals surface area (Å²) in [5, 5.41) is 6.56. The quantitative estimate of drug-likeness (QED) is 0.563. The van der Waals surface area contributed by atoms with Crippen molar-refractivity contribution in [3.63, 3.8) is 0 Å². The molecule has 5 rings (SSSR count). The Morgan fingerprint density at radius 1 is 1.03 bits per heavy atom. The maximum absolute atomic E-state index is 13.6. The molecule has 2 atom stereocenters. The Hall–Kier alpha value is -3.38. The van der Waals surface area contributed by atoms with Crippen molar-refractivity contribution in [1.82, 2.24) is 14.5 Å². The van der Waals surface area contributed by atoms with Gasteiger partial charge in [-0.25, -0.2) is 5.01 Å². The van der Waals surface area contributed by atoms with Crippen molar-refractivity contribution in [1.29, 1.82) is 0 Å². The van der Waals surface area contributed by atoms with Crippen LogP contribution in [0.5, 0.6) is 5.75 Å². The lowest BCUT2D eigenvalue weighted by Crippen LogP contribution is -2.38. The molecule has 2 unspecified atom stereocenters. The first-order chi connectivity index (χ1) is 16.1. The van der Waals surface area contributed by atoms with E-state index in [9.17, 15) is 4.79 Å². The largest absolute Gasteiger partial charge is 0.497 e. The van der Waals surface area contributed by atoms with Gasteiger partial charge in [0.05, 0.1) is 31.4 Å². The van der Waals surface area contributed by atoms with Gasteiger partial charge in [-0.15, -0.1) is 0 Å². The summed E-state index contributed by atoms with van der Waals surface area (Å²) >= 11 is 0. The molecular weight excluding hydrogens is 412 g/mol. The number of ether oxygens (including phenoxy) is 1. The van der Waals surface area contributed by atoms with E-state index in [2.05, 4.69) is 47.0 Å². The molecule has 0 radical (unpaired) electrons. The van der Waals surface area contributed by atoms with E-state index in [1.807, 2.05) is 42.5 Å². The van der Waals surface area contributed by atoms with Crippen LogP contribution >= 0.6 is 0 Å². The summed E-state index contributed by atoms with van der Waals surface area (Å²) in [6.45, 7) is 1.30. The van der Waals surface area contributed by atoms with Crippen LogP contribution < -0.4 is 4.74 Å². The molecule has 2 aromatic carbocycles. The average Bonchev–Trinajstić information content (AvgIpc) is 3.59. The van der Waals surface area contributed by atoms with Crippen LogP contribution in [-0.2, 0) is 11.8 Å². The maximum atomic E-state index is 13.6. The summed E-state index contributed by atoms with van der Waals surface area (Å²) < 4.78 is 7.49. The molecular formula is C27H30N4O2. The van der Waals surface area contributed by atoms with Crippen LogP contribution in [0.3, 0.4) is 0 Å². The Labute approximate surface area is 195 Å². The molecule has 0 aliphatic carbocycles. The second-order valence-electron chi connectivity index (χ2n) is 8.82. The highest BCUT2D eigenvalue weighted by atomic mass is 16.5. The molecule has 3 heterocycles. The summed E-state index contributed by atoms with van der Waals surface area (Å²) in [6, 6.07) is 22.5. The Morgan fingerprint density at radius 3 is 2.52 bits per heavy atom. The number of methoxy groups -OCH3 is 1. The Bertz CT molecular complexity index is 1140. The molecule has 0 N–H and O–H groups in total. The zero-order valence-corrected chi connectivity index (χ0v) is 19.2. The van der Waals surface area contributed by atoms with Gasteiger partial charge in [-0.3, -0.25) is 9.69 Å². The Balaban J connectivity index is 1.41. The number of nitrogens with zero attached hydrogens (tertiary/aromatic N) is 4. The van der Waals surface area contributed by atoms with Crippen LogP contribution in [0.15, 0.2) is 78.0 Å². The van der Waals surface area contributed by atoms with E-state index >= 15 is 0 Å². The smallest absolute Gasteiger partial charge is 0.257 e. The minimum atomic E-state index is -0.116. The van der Waals surface area contributed by atoms with Crippen molar-refractivity contribution < 1.29 is 9.53 Å². The number of aryl methyl sites for hydroxylation is 1. The van der Waals surface area contributed by atoms with Gasteiger partial charge < -0.3 is 9.30 Å². The molecule has 1 fully saturated rings. The predicted molar refractivity (Wildman–Crippen MR) is 129 cm³/mol. The molecule has 1 amide bonds. The average molecular weight is 443 g/mol. The number of hydrogen-bond donors (Lipinski definition) is 0. The van der Waals surface area contributed by atoms with Gasteiger partial charge >= 0.3 is 0 Å². The lowest BCUT2D eigenvalue weighted by Gasteiger charge is -2.28. The number of likely N-dealkylation sites (tertiary alicyclic amines) is 1. The normalized spacial score (nSPS) is 20.8. The summed E-state index contributed by atoms with van der Waals surface area (Å²) in [4.78, 5) is 15.9. The van der Waals surface area contributed by atoms with Crippen molar-refractivity contribution in [3.05, 3.63) is 89.7 Å². The number of amides is 1. The zero-order chi connectivity index (χ0) is 22.8. The van der Waals surface area contributed by atoms with E-state index < -0.39 is 0 Å². The highest BCUT2D eigenvalue weighted by Gasteiger charge is 2.36. The number of benzene rings is 2. The fraction of sp³-hybridized carbons (Fsp3) is 0.333. The molecule has 0 bridgehead atoms. The Kier molecular flexibility index (Phi) is 6.01. The minimum Gasteiger partial charge on any atom is -0.497 e. The van der Waals surface area contributed by atoms with Gasteiger partial charge in [0.2, 0.25) is 0 Å². The lowest BCUT2D eigenvalue weighted by molar-refractivity contribution is -0.134. The van der Waals surface area contributed by atoms with Gasteiger partial charge in [-0.05, 0) is 54.8 Å². The number of carbonyl (C=O) groups excluding carboxylic acids is 1. The van der Waals surface area contributed by atoms with Gasteiger partial charge in [0.15, 0.2) is 0 Å². The van der Waals surface area contributed by atoms with Crippen LogP contribution in [0.4, 0.5) is 0 Å². The van der Waals surface area contributed by atoms with E-state index in [-0.39, 0.29) is 18.0 Å².